The minimum Gasteiger partial charge on any atom is -0.443 e. The summed E-state index contributed by atoms with van der Waals surface area (Å²) in [6.45, 7) is 5.11. The Kier molecular flexibility index (Phi) is 4.86. The van der Waals surface area contributed by atoms with E-state index in [0.717, 1.165) is 0 Å². The van der Waals surface area contributed by atoms with Crippen LogP contribution in [0.15, 0.2) is 12.4 Å². The highest BCUT2D eigenvalue weighted by molar-refractivity contribution is 6.29. The zero-order valence-corrected chi connectivity index (χ0v) is 11.3. The Labute approximate surface area is 111 Å². The van der Waals surface area contributed by atoms with E-state index >= 15 is 0 Å². The molecule has 100 valence electrons. The molecule has 18 heavy (non-hydrogen) atoms. The average Bonchev–Trinajstić information content (AvgIpc) is 2.23. The monoisotopic (exact) mass is 273 g/mol. The molecule has 1 heterocycles. The number of carbonyl (C=O) groups is 1. The van der Waals surface area contributed by atoms with Crippen LogP contribution < -0.4 is 4.90 Å². The Hall–Kier alpha value is -1.40. The molecule has 1 amide bonds. The van der Waals surface area contributed by atoms with Gasteiger partial charge in [-0.2, -0.15) is 0 Å². The van der Waals surface area contributed by atoms with E-state index in [1.165, 1.54) is 17.3 Å². The zero-order chi connectivity index (χ0) is 13.8. The summed E-state index contributed by atoms with van der Waals surface area (Å²) in [4.78, 5) is 20.9. The van der Waals surface area contributed by atoms with E-state index in [4.69, 9.17) is 21.4 Å². The third-order valence-corrected chi connectivity index (χ3v) is 1.99. The summed E-state index contributed by atoms with van der Waals surface area (Å²) in [5, 5.41) is 9.15. The molecule has 1 N–H and O–H groups in total. The van der Waals surface area contributed by atoms with Crippen molar-refractivity contribution in [3.05, 3.63) is 17.5 Å². The fraction of sp³-hybridized carbons (Fsp3) is 0.545. The second-order valence-electron chi connectivity index (χ2n) is 4.56. The number of carbonyl (C=O) groups excluding carboxylic acids is 1. The van der Waals surface area contributed by atoms with Crippen LogP contribution in [0.3, 0.4) is 0 Å². The first-order valence-corrected chi connectivity index (χ1v) is 5.80. The van der Waals surface area contributed by atoms with E-state index < -0.39 is 11.7 Å². The average molecular weight is 274 g/mol. The number of aliphatic hydroxyl groups is 1. The molecule has 0 fully saturated rings. The molecule has 1 aromatic rings. The van der Waals surface area contributed by atoms with Crippen LogP contribution in [0.25, 0.3) is 0 Å². The molecule has 1 aromatic heterocycles. The fourth-order valence-corrected chi connectivity index (χ4v) is 1.32. The van der Waals surface area contributed by atoms with Crippen LogP contribution in [0.5, 0.6) is 0 Å². The standard InChI is InChI=1S/C11H16ClN3O3/c1-11(2,3)18-10(17)15(4-5-16)9-7-13-6-8(12)14-9/h6-7,16H,4-5H2,1-3H3. The molecular weight excluding hydrogens is 258 g/mol. The van der Waals surface area contributed by atoms with E-state index in [0.29, 0.717) is 0 Å². The predicted molar refractivity (Wildman–Crippen MR) is 67.7 cm³/mol. The Bertz CT molecular complexity index is 420. The number of ether oxygens (including phenoxy) is 1. The van der Waals surface area contributed by atoms with Crippen molar-refractivity contribution in [2.45, 2.75) is 26.4 Å². The second-order valence-corrected chi connectivity index (χ2v) is 4.94. The Balaban J connectivity index is 2.92. The van der Waals surface area contributed by atoms with Crippen molar-refractivity contribution < 1.29 is 14.6 Å². The molecule has 0 aliphatic rings. The summed E-state index contributed by atoms with van der Waals surface area (Å²) in [5.41, 5.74) is -0.628. The molecule has 1 rings (SSSR count). The van der Waals surface area contributed by atoms with Crippen molar-refractivity contribution >= 4 is 23.5 Å². The number of anilines is 1. The van der Waals surface area contributed by atoms with Gasteiger partial charge in [-0.3, -0.25) is 9.88 Å². The number of hydrogen-bond donors (Lipinski definition) is 1. The van der Waals surface area contributed by atoms with Crippen molar-refractivity contribution in [1.82, 2.24) is 9.97 Å². The van der Waals surface area contributed by atoms with Gasteiger partial charge >= 0.3 is 6.09 Å². The number of amides is 1. The van der Waals surface area contributed by atoms with Crippen LogP contribution >= 0.6 is 11.6 Å². The Morgan fingerprint density at radius 1 is 1.50 bits per heavy atom. The number of aromatic nitrogens is 2. The highest BCUT2D eigenvalue weighted by Gasteiger charge is 2.24. The van der Waals surface area contributed by atoms with Gasteiger partial charge in [0, 0.05) is 0 Å². The maximum atomic E-state index is 11.9. The van der Waals surface area contributed by atoms with Gasteiger partial charge in [0.2, 0.25) is 0 Å². The minimum absolute atomic E-state index is 0.0595. The smallest absolute Gasteiger partial charge is 0.416 e. The molecule has 7 heteroatoms. The van der Waals surface area contributed by atoms with Gasteiger partial charge in [-0.15, -0.1) is 0 Å². The molecule has 0 saturated heterocycles. The molecule has 0 spiro atoms. The normalized spacial score (nSPS) is 11.2. The van der Waals surface area contributed by atoms with Crippen molar-refractivity contribution in [3.8, 4) is 0 Å². The number of nitrogens with zero attached hydrogens (tertiary/aromatic N) is 3. The molecule has 0 atom stereocenters. The molecule has 0 aliphatic heterocycles. The third-order valence-electron chi connectivity index (χ3n) is 1.81. The van der Waals surface area contributed by atoms with Gasteiger partial charge in [-0.05, 0) is 20.8 Å². The van der Waals surface area contributed by atoms with Gasteiger partial charge in [0.05, 0.1) is 25.5 Å². The third kappa shape index (κ3) is 4.46. The molecule has 0 bridgehead atoms. The van der Waals surface area contributed by atoms with Crippen LogP contribution in [0.2, 0.25) is 5.15 Å². The lowest BCUT2D eigenvalue weighted by Crippen LogP contribution is -2.39. The molecule has 6 nitrogen and oxygen atoms in total. The van der Waals surface area contributed by atoms with Crippen molar-refractivity contribution in [3.63, 3.8) is 0 Å². The molecule has 0 aromatic carbocycles. The fourth-order valence-electron chi connectivity index (χ4n) is 1.18. The van der Waals surface area contributed by atoms with E-state index in [9.17, 15) is 4.79 Å². The SMILES string of the molecule is CC(C)(C)OC(=O)N(CCO)c1cncc(Cl)n1. The quantitative estimate of drug-likeness (QED) is 0.910. The summed E-state index contributed by atoms with van der Waals surface area (Å²) in [6.07, 6.45) is 2.14. The lowest BCUT2D eigenvalue weighted by Gasteiger charge is -2.26. The van der Waals surface area contributed by atoms with Crippen LogP contribution in [-0.2, 0) is 4.74 Å². The maximum absolute atomic E-state index is 11.9. The molecule has 0 radical (unpaired) electrons. The number of aliphatic hydroxyl groups excluding tert-OH is 1. The second kappa shape index (κ2) is 5.97. The zero-order valence-electron chi connectivity index (χ0n) is 10.6. The lowest BCUT2D eigenvalue weighted by molar-refractivity contribution is 0.0572. The molecule has 0 aliphatic carbocycles. The van der Waals surface area contributed by atoms with E-state index in [-0.39, 0.29) is 24.1 Å². The van der Waals surface area contributed by atoms with Gasteiger partial charge in [0.1, 0.15) is 10.8 Å². The molecular formula is C11H16ClN3O3. The lowest BCUT2D eigenvalue weighted by atomic mass is 10.2. The van der Waals surface area contributed by atoms with Crippen LogP contribution in [0.1, 0.15) is 20.8 Å². The van der Waals surface area contributed by atoms with Crippen LogP contribution in [-0.4, -0.2) is 39.9 Å². The maximum Gasteiger partial charge on any atom is 0.416 e. The van der Waals surface area contributed by atoms with Crippen LogP contribution in [0.4, 0.5) is 10.6 Å². The first kappa shape index (κ1) is 14.7. The Morgan fingerprint density at radius 2 is 2.17 bits per heavy atom. The van der Waals surface area contributed by atoms with Gasteiger partial charge in [0.15, 0.2) is 5.82 Å². The van der Waals surface area contributed by atoms with E-state index in [1.807, 2.05) is 0 Å². The predicted octanol–water partition coefficient (Wildman–Crippen LogP) is 1.86. The summed E-state index contributed by atoms with van der Waals surface area (Å²) in [7, 11) is 0. The first-order valence-electron chi connectivity index (χ1n) is 5.42. The van der Waals surface area contributed by atoms with Gasteiger partial charge in [-0.1, -0.05) is 11.6 Å². The number of rotatable bonds is 3. The van der Waals surface area contributed by atoms with Crippen molar-refractivity contribution in [2.75, 3.05) is 18.1 Å². The van der Waals surface area contributed by atoms with Crippen LogP contribution in [0, 0.1) is 0 Å². The summed E-state index contributed by atoms with van der Waals surface area (Å²) in [5.74, 6) is 0.241. The highest BCUT2D eigenvalue weighted by atomic mass is 35.5. The number of hydrogen-bond acceptors (Lipinski definition) is 5. The summed E-state index contributed by atoms with van der Waals surface area (Å²) < 4.78 is 5.21. The van der Waals surface area contributed by atoms with E-state index in [2.05, 4.69) is 9.97 Å². The Morgan fingerprint density at radius 3 is 2.67 bits per heavy atom. The highest BCUT2D eigenvalue weighted by Crippen LogP contribution is 2.16. The largest absolute Gasteiger partial charge is 0.443 e. The van der Waals surface area contributed by atoms with Gasteiger partial charge in [0.25, 0.3) is 0 Å². The van der Waals surface area contributed by atoms with Crippen molar-refractivity contribution in [1.29, 1.82) is 0 Å². The van der Waals surface area contributed by atoms with Gasteiger partial charge in [-0.25, -0.2) is 9.78 Å². The van der Waals surface area contributed by atoms with Crippen molar-refractivity contribution in [2.24, 2.45) is 0 Å². The van der Waals surface area contributed by atoms with Gasteiger partial charge < -0.3 is 9.84 Å². The minimum atomic E-state index is -0.628. The summed E-state index contributed by atoms with van der Waals surface area (Å²) in [6, 6.07) is 0. The van der Waals surface area contributed by atoms with E-state index in [1.54, 1.807) is 20.8 Å². The molecule has 0 saturated carbocycles. The number of halogens is 1. The molecule has 0 unspecified atom stereocenters. The first-order chi connectivity index (χ1) is 8.33. The topological polar surface area (TPSA) is 75.5 Å². The summed E-state index contributed by atoms with van der Waals surface area (Å²) >= 11 is 5.71.